The molecule has 0 saturated carbocycles. The third kappa shape index (κ3) is 7.77. The molecule has 0 spiro atoms. The van der Waals surface area contributed by atoms with Gasteiger partial charge in [0.1, 0.15) is 0 Å². The Hall–Kier alpha value is -0.300. The van der Waals surface area contributed by atoms with Gasteiger partial charge in [0.05, 0.1) is 0 Å². The number of nitrogens with one attached hydrogen (secondary N) is 2. The zero-order chi connectivity index (χ0) is 13.2. The Bertz CT molecular complexity index is 268. The van der Waals surface area contributed by atoms with Gasteiger partial charge in [0.15, 0.2) is 5.96 Å². The third-order valence-corrected chi connectivity index (χ3v) is 3.49. The van der Waals surface area contributed by atoms with Crippen LogP contribution in [-0.2, 0) is 0 Å². The first-order valence-corrected chi connectivity index (χ1v) is 7.07. The molecular weight excluding hydrogens is 351 g/mol. The van der Waals surface area contributed by atoms with Crippen LogP contribution >= 0.6 is 24.0 Å². The van der Waals surface area contributed by atoms with Crippen molar-refractivity contribution in [1.29, 1.82) is 0 Å². The van der Waals surface area contributed by atoms with Crippen LogP contribution in [0.5, 0.6) is 0 Å². The van der Waals surface area contributed by atoms with E-state index in [2.05, 4.69) is 34.0 Å². The molecule has 0 aliphatic carbocycles. The number of guanidine groups is 1. The Morgan fingerprint density at radius 2 is 2.21 bits per heavy atom. The molecule has 0 radical (unpaired) electrons. The van der Waals surface area contributed by atoms with Crippen LogP contribution in [0.1, 0.15) is 32.6 Å². The van der Waals surface area contributed by atoms with Crippen molar-refractivity contribution in [3.05, 3.63) is 12.7 Å². The van der Waals surface area contributed by atoms with Gasteiger partial charge in [-0.1, -0.05) is 12.5 Å². The SMILES string of the molecule is C=CCNC(=NC)NCCCN1CCCCC1C.I. The Balaban J connectivity index is 0.00000324. The summed E-state index contributed by atoms with van der Waals surface area (Å²) in [6.45, 7) is 10.2. The number of likely N-dealkylation sites (tertiary alicyclic amines) is 1. The van der Waals surface area contributed by atoms with Crippen LogP contribution < -0.4 is 10.6 Å². The summed E-state index contributed by atoms with van der Waals surface area (Å²) in [5.74, 6) is 0.863. The van der Waals surface area contributed by atoms with Crippen molar-refractivity contribution in [2.75, 3.05) is 33.2 Å². The standard InChI is InChI=1S/C14H28N4.HI/c1-4-9-16-14(15-3)17-10-7-12-18-11-6-5-8-13(18)2;/h4,13H,1,5-12H2,2-3H3,(H2,15,16,17);1H. The number of halogens is 1. The number of rotatable bonds is 6. The molecule has 1 rings (SSSR count). The summed E-state index contributed by atoms with van der Waals surface area (Å²) in [5, 5.41) is 6.50. The van der Waals surface area contributed by atoms with Gasteiger partial charge in [0, 0.05) is 32.7 Å². The van der Waals surface area contributed by atoms with E-state index >= 15 is 0 Å². The average molecular weight is 380 g/mol. The number of hydrogen-bond donors (Lipinski definition) is 2. The lowest BCUT2D eigenvalue weighted by Gasteiger charge is -2.33. The van der Waals surface area contributed by atoms with E-state index in [1.54, 1.807) is 7.05 Å². The van der Waals surface area contributed by atoms with Crippen LogP contribution in [0, 0.1) is 0 Å². The molecule has 2 N–H and O–H groups in total. The minimum Gasteiger partial charge on any atom is -0.356 e. The fraction of sp³-hybridized carbons (Fsp3) is 0.786. The molecule has 4 nitrogen and oxygen atoms in total. The van der Waals surface area contributed by atoms with Crippen LogP contribution in [0.4, 0.5) is 0 Å². The summed E-state index contributed by atoms with van der Waals surface area (Å²) in [6.07, 6.45) is 7.12. The molecule has 0 amide bonds. The highest BCUT2D eigenvalue weighted by Crippen LogP contribution is 2.15. The summed E-state index contributed by atoms with van der Waals surface area (Å²) < 4.78 is 0. The van der Waals surface area contributed by atoms with Crippen molar-refractivity contribution >= 4 is 29.9 Å². The molecular formula is C14H29IN4. The lowest BCUT2D eigenvalue weighted by molar-refractivity contribution is 0.159. The maximum Gasteiger partial charge on any atom is 0.191 e. The zero-order valence-electron chi connectivity index (χ0n) is 12.3. The smallest absolute Gasteiger partial charge is 0.191 e. The fourth-order valence-electron chi connectivity index (χ4n) is 2.37. The normalized spacial score (nSPS) is 20.5. The van der Waals surface area contributed by atoms with Gasteiger partial charge < -0.3 is 15.5 Å². The second-order valence-corrected chi connectivity index (χ2v) is 4.90. The van der Waals surface area contributed by atoms with E-state index < -0.39 is 0 Å². The van der Waals surface area contributed by atoms with Crippen LogP contribution in [0.25, 0.3) is 0 Å². The van der Waals surface area contributed by atoms with Crippen molar-refractivity contribution in [2.45, 2.75) is 38.6 Å². The number of piperidine rings is 1. The molecule has 1 unspecified atom stereocenters. The van der Waals surface area contributed by atoms with Crippen LogP contribution in [-0.4, -0.2) is 50.1 Å². The van der Waals surface area contributed by atoms with E-state index in [9.17, 15) is 0 Å². The second kappa shape index (κ2) is 11.5. The number of aliphatic imine (C=N–C) groups is 1. The summed E-state index contributed by atoms with van der Waals surface area (Å²) >= 11 is 0. The van der Waals surface area contributed by atoms with Gasteiger partial charge in [-0.25, -0.2) is 0 Å². The Kier molecular flexibility index (Phi) is 11.3. The molecule has 0 aromatic rings. The highest BCUT2D eigenvalue weighted by atomic mass is 127. The largest absolute Gasteiger partial charge is 0.356 e. The molecule has 112 valence electrons. The Morgan fingerprint density at radius 3 is 2.84 bits per heavy atom. The van der Waals surface area contributed by atoms with E-state index in [0.717, 1.165) is 25.1 Å². The van der Waals surface area contributed by atoms with E-state index in [1.807, 2.05) is 6.08 Å². The predicted octanol–water partition coefficient (Wildman–Crippen LogP) is 2.22. The maximum absolute atomic E-state index is 4.16. The zero-order valence-corrected chi connectivity index (χ0v) is 14.7. The minimum atomic E-state index is 0. The first kappa shape index (κ1) is 18.7. The van der Waals surface area contributed by atoms with Crippen molar-refractivity contribution in [1.82, 2.24) is 15.5 Å². The summed E-state index contributed by atoms with van der Waals surface area (Å²) in [5.41, 5.74) is 0. The molecule has 0 bridgehead atoms. The quantitative estimate of drug-likeness (QED) is 0.244. The second-order valence-electron chi connectivity index (χ2n) is 4.90. The average Bonchev–Trinajstić information content (AvgIpc) is 2.40. The van der Waals surface area contributed by atoms with Crippen molar-refractivity contribution < 1.29 is 0 Å². The lowest BCUT2D eigenvalue weighted by Crippen LogP contribution is -2.41. The highest BCUT2D eigenvalue weighted by Gasteiger charge is 2.16. The molecule has 1 saturated heterocycles. The van der Waals surface area contributed by atoms with E-state index in [-0.39, 0.29) is 24.0 Å². The van der Waals surface area contributed by atoms with E-state index in [0.29, 0.717) is 0 Å². The number of nitrogens with zero attached hydrogens (tertiary/aromatic N) is 2. The molecule has 0 aromatic heterocycles. The van der Waals surface area contributed by atoms with Gasteiger partial charge in [-0.15, -0.1) is 30.6 Å². The minimum absolute atomic E-state index is 0. The topological polar surface area (TPSA) is 39.7 Å². The molecule has 1 heterocycles. The van der Waals surface area contributed by atoms with E-state index in [4.69, 9.17) is 0 Å². The maximum atomic E-state index is 4.16. The highest BCUT2D eigenvalue weighted by molar-refractivity contribution is 14.0. The van der Waals surface area contributed by atoms with Gasteiger partial charge in [0.2, 0.25) is 0 Å². The van der Waals surface area contributed by atoms with Gasteiger partial charge >= 0.3 is 0 Å². The van der Waals surface area contributed by atoms with Crippen molar-refractivity contribution in [3.8, 4) is 0 Å². The van der Waals surface area contributed by atoms with Gasteiger partial charge in [-0.2, -0.15) is 0 Å². The third-order valence-electron chi connectivity index (χ3n) is 3.49. The number of hydrogen-bond acceptors (Lipinski definition) is 2. The van der Waals surface area contributed by atoms with Crippen LogP contribution in [0.15, 0.2) is 17.6 Å². The molecule has 1 atom stereocenters. The summed E-state index contributed by atoms with van der Waals surface area (Å²) in [7, 11) is 1.80. The van der Waals surface area contributed by atoms with Gasteiger partial charge in [0.25, 0.3) is 0 Å². The lowest BCUT2D eigenvalue weighted by atomic mass is 10.0. The van der Waals surface area contributed by atoms with Crippen LogP contribution in [0.2, 0.25) is 0 Å². The first-order chi connectivity index (χ1) is 8.77. The molecule has 0 aromatic carbocycles. The summed E-state index contributed by atoms with van der Waals surface area (Å²) in [4.78, 5) is 6.76. The Morgan fingerprint density at radius 1 is 1.42 bits per heavy atom. The molecule has 1 fully saturated rings. The fourth-order valence-corrected chi connectivity index (χ4v) is 2.37. The first-order valence-electron chi connectivity index (χ1n) is 7.07. The summed E-state index contributed by atoms with van der Waals surface area (Å²) in [6, 6.07) is 0.761. The molecule has 1 aliphatic rings. The molecule has 19 heavy (non-hydrogen) atoms. The predicted molar refractivity (Wildman–Crippen MR) is 94.5 cm³/mol. The van der Waals surface area contributed by atoms with Crippen molar-refractivity contribution in [3.63, 3.8) is 0 Å². The molecule has 1 aliphatic heterocycles. The Labute approximate surface area is 135 Å². The monoisotopic (exact) mass is 380 g/mol. The van der Waals surface area contributed by atoms with Gasteiger partial charge in [-0.05, 0) is 32.7 Å². The van der Waals surface area contributed by atoms with Gasteiger partial charge in [-0.3, -0.25) is 4.99 Å². The van der Waals surface area contributed by atoms with Crippen molar-refractivity contribution in [2.24, 2.45) is 4.99 Å². The van der Waals surface area contributed by atoms with E-state index in [1.165, 1.54) is 38.8 Å². The molecule has 5 heteroatoms. The van der Waals surface area contributed by atoms with Crippen LogP contribution in [0.3, 0.4) is 0 Å².